The second-order valence-electron chi connectivity index (χ2n) is 4.33. The Morgan fingerprint density at radius 2 is 2.17 bits per heavy atom. The van der Waals surface area contributed by atoms with E-state index >= 15 is 0 Å². The van der Waals surface area contributed by atoms with Crippen molar-refractivity contribution in [1.29, 1.82) is 0 Å². The highest BCUT2D eigenvalue weighted by molar-refractivity contribution is 5.74. The van der Waals surface area contributed by atoms with Gasteiger partial charge in [0.2, 0.25) is 0 Å². The van der Waals surface area contributed by atoms with E-state index in [0.717, 1.165) is 29.9 Å². The Hall–Kier alpha value is -2.14. The smallest absolute Gasteiger partial charge is 0.121 e. The molecule has 18 heavy (non-hydrogen) atoms. The molecule has 0 unspecified atom stereocenters. The number of imidazole rings is 1. The minimum atomic E-state index is 0.726. The van der Waals surface area contributed by atoms with Crippen LogP contribution in [0.5, 0.6) is 0 Å². The first kappa shape index (κ1) is 11.0. The maximum Gasteiger partial charge on any atom is 0.121 e. The van der Waals surface area contributed by atoms with E-state index in [-0.39, 0.29) is 0 Å². The van der Waals surface area contributed by atoms with Crippen molar-refractivity contribution < 1.29 is 0 Å². The average molecular weight is 241 g/mol. The second-order valence-corrected chi connectivity index (χ2v) is 4.33. The molecule has 2 heterocycles. The largest absolute Gasteiger partial charge is 0.341 e. The summed E-state index contributed by atoms with van der Waals surface area (Å²) in [6, 6.07) is 8.05. The number of para-hydroxylation sites is 2. The maximum absolute atomic E-state index is 4.51. The summed E-state index contributed by atoms with van der Waals surface area (Å²) in [5, 5.41) is 7.48. The maximum atomic E-state index is 4.51. The highest BCUT2D eigenvalue weighted by Crippen LogP contribution is 2.10. The molecule has 0 radical (unpaired) electrons. The summed E-state index contributed by atoms with van der Waals surface area (Å²) in [6.07, 6.45) is 3.87. The van der Waals surface area contributed by atoms with Gasteiger partial charge in [0.1, 0.15) is 5.82 Å². The lowest BCUT2D eigenvalue weighted by molar-refractivity contribution is 0.669. The molecule has 0 saturated carbocycles. The fourth-order valence-corrected chi connectivity index (χ4v) is 1.98. The molecule has 0 bridgehead atoms. The first-order valence-electron chi connectivity index (χ1n) is 5.93. The summed E-state index contributed by atoms with van der Waals surface area (Å²) < 4.78 is 1.80. The van der Waals surface area contributed by atoms with Gasteiger partial charge in [0.15, 0.2) is 0 Å². The lowest BCUT2D eigenvalue weighted by Crippen LogP contribution is -2.13. The molecule has 0 fully saturated rings. The number of fused-ring (bicyclic) bond motifs is 1. The standard InChI is InChI=1S/C13H15N5/c1-18-9-10(7-15-18)6-14-8-13-16-11-4-2-3-5-12(11)17-13/h2-5,7,9,14H,6,8H2,1H3,(H,16,17). The van der Waals surface area contributed by atoms with Gasteiger partial charge >= 0.3 is 0 Å². The van der Waals surface area contributed by atoms with Crippen molar-refractivity contribution in [3.05, 3.63) is 48.0 Å². The first-order valence-corrected chi connectivity index (χ1v) is 5.93. The van der Waals surface area contributed by atoms with Gasteiger partial charge in [-0.3, -0.25) is 4.68 Å². The third-order valence-electron chi connectivity index (χ3n) is 2.82. The molecule has 2 N–H and O–H groups in total. The van der Waals surface area contributed by atoms with Crippen molar-refractivity contribution in [3.63, 3.8) is 0 Å². The summed E-state index contributed by atoms with van der Waals surface area (Å²) in [5.41, 5.74) is 3.26. The molecule has 0 spiro atoms. The summed E-state index contributed by atoms with van der Waals surface area (Å²) in [4.78, 5) is 7.80. The van der Waals surface area contributed by atoms with Crippen LogP contribution < -0.4 is 5.32 Å². The van der Waals surface area contributed by atoms with E-state index in [1.807, 2.05) is 43.7 Å². The molecule has 5 nitrogen and oxygen atoms in total. The van der Waals surface area contributed by atoms with Gasteiger partial charge in [-0.15, -0.1) is 0 Å². The van der Waals surface area contributed by atoms with Gasteiger partial charge < -0.3 is 10.3 Å². The number of hydrogen-bond acceptors (Lipinski definition) is 3. The summed E-state index contributed by atoms with van der Waals surface area (Å²) in [7, 11) is 1.92. The van der Waals surface area contributed by atoms with Crippen LogP contribution in [-0.4, -0.2) is 19.7 Å². The summed E-state index contributed by atoms with van der Waals surface area (Å²) in [6.45, 7) is 1.52. The molecule has 0 atom stereocenters. The zero-order chi connectivity index (χ0) is 12.4. The molecule has 2 aromatic heterocycles. The third-order valence-corrected chi connectivity index (χ3v) is 2.82. The zero-order valence-electron chi connectivity index (χ0n) is 10.2. The van der Waals surface area contributed by atoms with Crippen LogP contribution in [0.4, 0.5) is 0 Å². The van der Waals surface area contributed by atoms with Gasteiger partial charge in [0.05, 0.1) is 23.8 Å². The topological polar surface area (TPSA) is 58.5 Å². The number of nitrogens with zero attached hydrogens (tertiary/aromatic N) is 3. The minimum Gasteiger partial charge on any atom is -0.341 e. The van der Waals surface area contributed by atoms with E-state index in [9.17, 15) is 0 Å². The molecule has 3 aromatic rings. The summed E-state index contributed by atoms with van der Waals surface area (Å²) >= 11 is 0. The van der Waals surface area contributed by atoms with Crippen molar-refractivity contribution in [3.8, 4) is 0 Å². The van der Waals surface area contributed by atoms with E-state index in [1.165, 1.54) is 5.56 Å². The van der Waals surface area contributed by atoms with Crippen molar-refractivity contribution in [2.45, 2.75) is 13.1 Å². The van der Waals surface area contributed by atoms with Gasteiger partial charge in [-0.25, -0.2) is 4.98 Å². The fraction of sp³-hybridized carbons (Fsp3) is 0.231. The number of rotatable bonds is 4. The highest BCUT2D eigenvalue weighted by Gasteiger charge is 2.01. The first-order chi connectivity index (χ1) is 8.81. The number of nitrogens with one attached hydrogen (secondary N) is 2. The van der Waals surface area contributed by atoms with Crippen LogP contribution in [-0.2, 0) is 20.1 Å². The molecular formula is C13H15N5. The summed E-state index contributed by atoms with van der Waals surface area (Å²) in [5.74, 6) is 0.958. The molecule has 0 aliphatic rings. The van der Waals surface area contributed by atoms with E-state index < -0.39 is 0 Å². The quantitative estimate of drug-likeness (QED) is 0.729. The zero-order valence-corrected chi connectivity index (χ0v) is 10.2. The molecule has 0 saturated heterocycles. The molecule has 3 rings (SSSR count). The molecule has 0 aliphatic carbocycles. The number of aromatic nitrogens is 4. The predicted molar refractivity (Wildman–Crippen MR) is 69.8 cm³/mol. The van der Waals surface area contributed by atoms with Crippen LogP contribution in [0.25, 0.3) is 11.0 Å². The average Bonchev–Trinajstić information content (AvgIpc) is 2.95. The molecule has 92 valence electrons. The van der Waals surface area contributed by atoms with Crippen molar-refractivity contribution >= 4 is 11.0 Å². The van der Waals surface area contributed by atoms with Gasteiger partial charge in [-0.2, -0.15) is 5.10 Å². The van der Waals surface area contributed by atoms with Crippen LogP contribution in [0.3, 0.4) is 0 Å². The Bertz CT molecular complexity index is 619. The number of hydrogen-bond donors (Lipinski definition) is 2. The highest BCUT2D eigenvalue weighted by atomic mass is 15.2. The van der Waals surface area contributed by atoms with Gasteiger partial charge in [-0.1, -0.05) is 12.1 Å². The Labute approximate surface area is 105 Å². The van der Waals surface area contributed by atoms with E-state index in [2.05, 4.69) is 20.4 Å². The number of aryl methyl sites for hydroxylation is 1. The Morgan fingerprint density at radius 1 is 1.28 bits per heavy atom. The lowest BCUT2D eigenvalue weighted by atomic mass is 10.3. The van der Waals surface area contributed by atoms with Crippen LogP contribution >= 0.6 is 0 Å². The van der Waals surface area contributed by atoms with Crippen LogP contribution in [0.2, 0.25) is 0 Å². The van der Waals surface area contributed by atoms with Crippen LogP contribution in [0, 0.1) is 0 Å². The second kappa shape index (κ2) is 4.62. The Kier molecular flexibility index (Phi) is 2.82. The van der Waals surface area contributed by atoms with Crippen molar-refractivity contribution in [1.82, 2.24) is 25.1 Å². The van der Waals surface area contributed by atoms with E-state index in [0.29, 0.717) is 0 Å². The fourth-order valence-electron chi connectivity index (χ4n) is 1.98. The lowest BCUT2D eigenvalue weighted by Gasteiger charge is -1.99. The number of aromatic amines is 1. The van der Waals surface area contributed by atoms with Crippen molar-refractivity contribution in [2.24, 2.45) is 7.05 Å². The number of H-pyrrole nitrogens is 1. The predicted octanol–water partition coefficient (Wildman–Crippen LogP) is 1.59. The SMILES string of the molecule is Cn1cc(CNCc2nc3ccccc3[nH]2)cn1. The molecule has 0 amide bonds. The van der Waals surface area contributed by atoms with Gasteiger partial charge in [-0.05, 0) is 12.1 Å². The van der Waals surface area contributed by atoms with Crippen LogP contribution in [0.15, 0.2) is 36.7 Å². The molecule has 1 aromatic carbocycles. The normalized spacial score (nSPS) is 11.2. The third kappa shape index (κ3) is 2.26. The van der Waals surface area contributed by atoms with Crippen molar-refractivity contribution in [2.75, 3.05) is 0 Å². The molecular weight excluding hydrogens is 226 g/mol. The Morgan fingerprint density at radius 3 is 2.94 bits per heavy atom. The number of benzene rings is 1. The Balaban J connectivity index is 1.62. The van der Waals surface area contributed by atoms with E-state index in [4.69, 9.17) is 0 Å². The molecule has 5 heteroatoms. The van der Waals surface area contributed by atoms with Crippen LogP contribution in [0.1, 0.15) is 11.4 Å². The van der Waals surface area contributed by atoms with Gasteiger partial charge in [0.25, 0.3) is 0 Å². The minimum absolute atomic E-state index is 0.726. The van der Waals surface area contributed by atoms with E-state index in [1.54, 1.807) is 4.68 Å². The molecule has 0 aliphatic heterocycles. The van der Waals surface area contributed by atoms with Gasteiger partial charge in [0, 0.05) is 25.4 Å². The monoisotopic (exact) mass is 241 g/mol.